The van der Waals surface area contributed by atoms with Crippen LogP contribution in [-0.2, 0) is 9.59 Å². The molecule has 1 amide bonds. The second-order valence-corrected chi connectivity index (χ2v) is 4.15. The number of hydrogen-bond donors (Lipinski definition) is 2. The molecule has 0 aromatic heterocycles. The molecule has 1 atom stereocenters. The lowest BCUT2D eigenvalue weighted by Gasteiger charge is -2.13. The second kappa shape index (κ2) is 6.62. The number of hydrogen-bond acceptors (Lipinski definition) is 3. The minimum Gasteiger partial charge on any atom is -0.480 e. The Morgan fingerprint density at radius 2 is 2.00 bits per heavy atom. The zero-order valence-corrected chi connectivity index (χ0v) is 9.32. The summed E-state index contributed by atoms with van der Waals surface area (Å²) >= 11 is 0.593. The van der Waals surface area contributed by atoms with Crippen molar-refractivity contribution in [2.24, 2.45) is 0 Å². The molecule has 0 radical (unpaired) electrons. The van der Waals surface area contributed by atoms with Gasteiger partial charge in [0.25, 0.3) is 0 Å². The van der Waals surface area contributed by atoms with Gasteiger partial charge in [0.1, 0.15) is 6.04 Å². The van der Waals surface area contributed by atoms with Crippen molar-refractivity contribution < 1.29 is 27.9 Å². The van der Waals surface area contributed by atoms with Gasteiger partial charge in [0.05, 0.1) is 5.75 Å². The van der Waals surface area contributed by atoms with E-state index in [1.54, 1.807) is 0 Å². The van der Waals surface area contributed by atoms with Crippen molar-refractivity contribution in [2.75, 3.05) is 11.5 Å². The number of thioether (sulfide) groups is 1. The molecule has 16 heavy (non-hydrogen) atoms. The standard InChI is InChI=1S/C8H12F3NO3S/c1-5(13)12-6(7(14)15)2-3-16-4-8(9,10)11/h6H,2-4H2,1H3,(H,12,13)(H,14,15). The van der Waals surface area contributed by atoms with E-state index in [1.807, 2.05) is 0 Å². The maximum atomic E-state index is 11.7. The molecule has 0 aliphatic carbocycles. The first-order chi connectivity index (χ1) is 7.22. The average molecular weight is 259 g/mol. The van der Waals surface area contributed by atoms with Crippen LogP contribution in [0.3, 0.4) is 0 Å². The first-order valence-corrected chi connectivity index (χ1v) is 5.52. The number of nitrogens with one attached hydrogen (secondary N) is 1. The minimum atomic E-state index is -4.25. The summed E-state index contributed by atoms with van der Waals surface area (Å²) in [7, 11) is 0. The highest BCUT2D eigenvalue weighted by Gasteiger charge is 2.27. The largest absolute Gasteiger partial charge is 0.480 e. The van der Waals surface area contributed by atoms with Gasteiger partial charge >= 0.3 is 12.1 Å². The SMILES string of the molecule is CC(=O)NC(CCSCC(F)(F)F)C(=O)O. The van der Waals surface area contributed by atoms with Crippen molar-refractivity contribution in [3.05, 3.63) is 0 Å². The Bertz CT molecular complexity index is 257. The van der Waals surface area contributed by atoms with E-state index in [-0.39, 0.29) is 12.2 Å². The molecule has 0 spiro atoms. The molecule has 2 N–H and O–H groups in total. The van der Waals surface area contributed by atoms with E-state index in [0.717, 1.165) is 6.92 Å². The van der Waals surface area contributed by atoms with Gasteiger partial charge in [-0.1, -0.05) is 0 Å². The smallest absolute Gasteiger partial charge is 0.397 e. The van der Waals surface area contributed by atoms with Crippen molar-refractivity contribution in [1.29, 1.82) is 0 Å². The zero-order valence-electron chi connectivity index (χ0n) is 8.50. The molecule has 0 saturated carbocycles. The summed E-state index contributed by atoms with van der Waals surface area (Å²) in [5.74, 6) is -2.76. The molecule has 0 aliphatic rings. The Kier molecular flexibility index (Phi) is 6.24. The number of rotatable bonds is 6. The number of amides is 1. The van der Waals surface area contributed by atoms with Crippen molar-refractivity contribution >= 4 is 23.6 Å². The van der Waals surface area contributed by atoms with E-state index in [1.165, 1.54) is 0 Å². The van der Waals surface area contributed by atoms with E-state index in [2.05, 4.69) is 5.32 Å². The fourth-order valence-corrected chi connectivity index (χ4v) is 1.67. The summed E-state index contributed by atoms with van der Waals surface area (Å²) in [6.07, 6.45) is -4.28. The Morgan fingerprint density at radius 3 is 2.38 bits per heavy atom. The van der Waals surface area contributed by atoms with E-state index in [4.69, 9.17) is 5.11 Å². The van der Waals surface area contributed by atoms with Crippen LogP contribution in [-0.4, -0.2) is 40.7 Å². The molecule has 0 aliphatic heterocycles. The highest BCUT2D eigenvalue weighted by atomic mass is 32.2. The summed E-state index contributed by atoms with van der Waals surface area (Å²) in [5, 5.41) is 10.8. The molecular weight excluding hydrogens is 247 g/mol. The van der Waals surface area contributed by atoms with Gasteiger partial charge < -0.3 is 10.4 Å². The van der Waals surface area contributed by atoms with Crippen LogP contribution in [0.25, 0.3) is 0 Å². The Hall–Kier alpha value is -0.920. The first kappa shape index (κ1) is 15.1. The minimum absolute atomic E-state index is 0.0246. The van der Waals surface area contributed by atoms with Gasteiger partial charge in [-0.05, 0) is 12.2 Å². The van der Waals surface area contributed by atoms with Crippen molar-refractivity contribution in [3.63, 3.8) is 0 Å². The van der Waals surface area contributed by atoms with Crippen LogP contribution >= 0.6 is 11.8 Å². The second-order valence-electron chi connectivity index (χ2n) is 3.05. The Balaban J connectivity index is 3.86. The van der Waals surface area contributed by atoms with E-state index in [9.17, 15) is 22.8 Å². The lowest BCUT2D eigenvalue weighted by Crippen LogP contribution is -2.40. The van der Waals surface area contributed by atoms with Crippen LogP contribution in [0.1, 0.15) is 13.3 Å². The van der Waals surface area contributed by atoms with E-state index >= 15 is 0 Å². The van der Waals surface area contributed by atoms with Gasteiger partial charge in [-0.15, -0.1) is 0 Å². The molecule has 0 rings (SSSR count). The topological polar surface area (TPSA) is 66.4 Å². The Labute approximate surface area is 94.6 Å². The van der Waals surface area contributed by atoms with E-state index in [0.29, 0.717) is 11.8 Å². The quantitative estimate of drug-likeness (QED) is 0.705. The molecule has 0 bridgehead atoms. The molecule has 0 heterocycles. The number of carbonyl (C=O) groups is 2. The normalized spacial score (nSPS) is 13.2. The summed E-state index contributed by atoms with van der Waals surface area (Å²) in [5.41, 5.74) is 0. The molecule has 0 fully saturated rings. The molecule has 8 heteroatoms. The maximum Gasteiger partial charge on any atom is 0.397 e. The van der Waals surface area contributed by atoms with Gasteiger partial charge in [0.2, 0.25) is 5.91 Å². The van der Waals surface area contributed by atoms with Gasteiger partial charge in [-0.25, -0.2) is 4.79 Å². The summed E-state index contributed by atoms with van der Waals surface area (Å²) in [4.78, 5) is 21.2. The van der Waals surface area contributed by atoms with Crippen LogP contribution in [0, 0.1) is 0 Å². The third-order valence-corrected chi connectivity index (χ3v) is 2.55. The van der Waals surface area contributed by atoms with Crippen molar-refractivity contribution in [1.82, 2.24) is 5.32 Å². The van der Waals surface area contributed by atoms with Gasteiger partial charge in [0, 0.05) is 6.92 Å². The van der Waals surface area contributed by atoms with Crippen LogP contribution in [0.2, 0.25) is 0 Å². The number of alkyl halides is 3. The fraction of sp³-hybridized carbons (Fsp3) is 0.750. The molecule has 0 aromatic rings. The molecule has 0 aromatic carbocycles. The number of carboxylic acid groups (broad SMARTS) is 1. The number of aliphatic carboxylic acids is 1. The zero-order chi connectivity index (χ0) is 12.8. The molecule has 4 nitrogen and oxygen atoms in total. The lowest BCUT2D eigenvalue weighted by atomic mass is 10.2. The molecule has 1 unspecified atom stereocenters. The predicted molar refractivity (Wildman–Crippen MR) is 53.2 cm³/mol. The first-order valence-electron chi connectivity index (χ1n) is 4.37. The lowest BCUT2D eigenvalue weighted by molar-refractivity contribution is -0.141. The number of halogens is 3. The van der Waals surface area contributed by atoms with Crippen LogP contribution in [0.4, 0.5) is 13.2 Å². The maximum absolute atomic E-state index is 11.7. The van der Waals surface area contributed by atoms with Gasteiger partial charge in [0.15, 0.2) is 0 Å². The summed E-state index contributed by atoms with van der Waals surface area (Å²) in [6, 6.07) is -1.13. The highest BCUT2D eigenvalue weighted by Crippen LogP contribution is 2.21. The van der Waals surface area contributed by atoms with E-state index < -0.39 is 29.8 Å². The monoisotopic (exact) mass is 259 g/mol. The predicted octanol–water partition coefficient (Wildman–Crippen LogP) is 1.26. The average Bonchev–Trinajstić information content (AvgIpc) is 2.07. The molecular formula is C8H12F3NO3S. The number of carbonyl (C=O) groups excluding carboxylic acids is 1. The molecule has 94 valence electrons. The third-order valence-electron chi connectivity index (χ3n) is 1.49. The van der Waals surface area contributed by atoms with Gasteiger partial charge in [-0.3, -0.25) is 4.79 Å². The third kappa shape index (κ3) is 8.39. The summed E-state index contributed by atoms with van der Waals surface area (Å²) in [6.45, 7) is 1.15. The van der Waals surface area contributed by atoms with Crippen LogP contribution in [0.15, 0.2) is 0 Å². The Morgan fingerprint density at radius 1 is 1.44 bits per heavy atom. The van der Waals surface area contributed by atoms with Crippen LogP contribution < -0.4 is 5.32 Å². The van der Waals surface area contributed by atoms with Crippen LogP contribution in [0.5, 0.6) is 0 Å². The number of carboxylic acids is 1. The fourth-order valence-electron chi connectivity index (χ4n) is 0.892. The van der Waals surface area contributed by atoms with Crippen molar-refractivity contribution in [3.8, 4) is 0 Å². The van der Waals surface area contributed by atoms with Gasteiger partial charge in [-0.2, -0.15) is 24.9 Å². The molecule has 0 saturated heterocycles. The van der Waals surface area contributed by atoms with Crippen molar-refractivity contribution in [2.45, 2.75) is 25.6 Å². The highest BCUT2D eigenvalue weighted by molar-refractivity contribution is 7.99. The summed E-state index contributed by atoms with van der Waals surface area (Å²) < 4.78 is 35.2.